The Morgan fingerprint density at radius 3 is 2.80 bits per heavy atom. The van der Waals surface area contributed by atoms with E-state index in [1.54, 1.807) is 23.1 Å². The number of benzene rings is 1. The summed E-state index contributed by atoms with van der Waals surface area (Å²) in [7, 11) is 0. The third kappa shape index (κ3) is 3.62. The van der Waals surface area contributed by atoms with Gasteiger partial charge in [-0.3, -0.25) is 5.10 Å². The molecule has 2 heterocycles. The van der Waals surface area contributed by atoms with Gasteiger partial charge in [-0.15, -0.1) is 11.3 Å². The molecule has 6 heteroatoms. The number of halogens is 1. The van der Waals surface area contributed by atoms with Crippen LogP contribution in [0.5, 0.6) is 0 Å². The smallest absolute Gasteiger partial charge is 0.184 e. The van der Waals surface area contributed by atoms with Gasteiger partial charge in [0.2, 0.25) is 0 Å². The molecule has 0 amide bonds. The summed E-state index contributed by atoms with van der Waals surface area (Å²) in [5.41, 5.74) is 1.16. The van der Waals surface area contributed by atoms with Gasteiger partial charge in [0.1, 0.15) is 0 Å². The van der Waals surface area contributed by atoms with Gasteiger partial charge in [-0.2, -0.15) is 5.10 Å². The molecule has 0 fully saturated rings. The van der Waals surface area contributed by atoms with E-state index in [0.717, 1.165) is 27.3 Å². The lowest BCUT2D eigenvalue weighted by molar-refractivity contribution is 0.956. The van der Waals surface area contributed by atoms with Crippen LogP contribution in [-0.4, -0.2) is 15.2 Å². The molecular formula is C14H12ClN3S2. The Labute approximate surface area is 130 Å². The maximum absolute atomic E-state index is 5.87. The SMILES string of the molecule is Clc1ccc(Cc2n[nH]c(SCc3cccs3)n2)cc1. The molecule has 102 valence electrons. The van der Waals surface area contributed by atoms with E-state index in [2.05, 4.69) is 32.7 Å². The quantitative estimate of drug-likeness (QED) is 0.708. The molecule has 1 aromatic carbocycles. The highest BCUT2D eigenvalue weighted by Gasteiger charge is 2.05. The van der Waals surface area contributed by atoms with Gasteiger partial charge in [0.15, 0.2) is 11.0 Å². The van der Waals surface area contributed by atoms with Gasteiger partial charge in [-0.25, -0.2) is 4.98 Å². The molecule has 1 N–H and O–H groups in total. The van der Waals surface area contributed by atoms with E-state index < -0.39 is 0 Å². The van der Waals surface area contributed by atoms with Crippen LogP contribution in [0.2, 0.25) is 5.02 Å². The summed E-state index contributed by atoms with van der Waals surface area (Å²) in [5, 5.41) is 10.9. The normalized spacial score (nSPS) is 10.8. The summed E-state index contributed by atoms with van der Waals surface area (Å²) in [6.45, 7) is 0. The van der Waals surface area contributed by atoms with Gasteiger partial charge in [0.05, 0.1) is 0 Å². The van der Waals surface area contributed by atoms with Crippen molar-refractivity contribution in [2.45, 2.75) is 17.3 Å². The van der Waals surface area contributed by atoms with Gasteiger partial charge in [0.25, 0.3) is 0 Å². The van der Waals surface area contributed by atoms with Gasteiger partial charge in [-0.1, -0.05) is 41.6 Å². The predicted octanol–water partition coefficient (Wildman–Crippen LogP) is 4.40. The molecule has 0 aliphatic heterocycles. The van der Waals surface area contributed by atoms with Crippen molar-refractivity contribution >= 4 is 34.7 Å². The van der Waals surface area contributed by atoms with Gasteiger partial charge < -0.3 is 0 Å². The van der Waals surface area contributed by atoms with E-state index in [4.69, 9.17) is 11.6 Å². The van der Waals surface area contributed by atoms with Crippen molar-refractivity contribution in [1.82, 2.24) is 15.2 Å². The highest BCUT2D eigenvalue weighted by Crippen LogP contribution is 2.22. The van der Waals surface area contributed by atoms with E-state index in [-0.39, 0.29) is 0 Å². The number of H-pyrrole nitrogens is 1. The Morgan fingerprint density at radius 1 is 1.20 bits per heavy atom. The second-order valence-electron chi connectivity index (χ2n) is 4.23. The maximum atomic E-state index is 5.87. The van der Waals surface area contributed by atoms with Crippen LogP contribution in [0.15, 0.2) is 46.9 Å². The van der Waals surface area contributed by atoms with Crippen molar-refractivity contribution in [2.24, 2.45) is 0 Å². The van der Waals surface area contributed by atoms with E-state index in [1.165, 1.54) is 4.88 Å². The molecule has 3 aromatic rings. The molecule has 0 saturated heterocycles. The number of rotatable bonds is 5. The lowest BCUT2D eigenvalue weighted by atomic mass is 10.1. The van der Waals surface area contributed by atoms with Crippen LogP contribution in [0, 0.1) is 0 Å². The van der Waals surface area contributed by atoms with Crippen molar-refractivity contribution in [1.29, 1.82) is 0 Å². The van der Waals surface area contributed by atoms with Crippen LogP contribution >= 0.6 is 34.7 Å². The number of hydrogen-bond donors (Lipinski definition) is 1. The molecule has 0 unspecified atom stereocenters. The van der Waals surface area contributed by atoms with E-state index >= 15 is 0 Å². The summed E-state index contributed by atoms with van der Waals surface area (Å²) >= 11 is 9.30. The zero-order chi connectivity index (χ0) is 13.8. The Balaban J connectivity index is 1.60. The molecule has 0 spiro atoms. The summed E-state index contributed by atoms with van der Waals surface area (Å²) < 4.78 is 0. The van der Waals surface area contributed by atoms with Crippen molar-refractivity contribution in [3.63, 3.8) is 0 Å². The summed E-state index contributed by atoms with van der Waals surface area (Å²) in [5.74, 6) is 1.73. The molecule has 3 nitrogen and oxygen atoms in total. The van der Waals surface area contributed by atoms with E-state index in [9.17, 15) is 0 Å². The van der Waals surface area contributed by atoms with Crippen LogP contribution in [0.3, 0.4) is 0 Å². The van der Waals surface area contributed by atoms with Gasteiger partial charge in [0, 0.05) is 22.1 Å². The van der Waals surface area contributed by atoms with Gasteiger partial charge in [-0.05, 0) is 29.1 Å². The summed E-state index contributed by atoms with van der Waals surface area (Å²) in [6.07, 6.45) is 0.716. The molecule has 0 aliphatic carbocycles. The Morgan fingerprint density at radius 2 is 2.05 bits per heavy atom. The summed E-state index contributed by atoms with van der Waals surface area (Å²) in [6, 6.07) is 12.0. The molecule has 0 atom stereocenters. The average Bonchev–Trinajstić information content (AvgIpc) is 3.10. The maximum Gasteiger partial charge on any atom is 0.184 e. The monoisotopic (exact) mass is 321 g/mol. The van der Waals surface area contributed by atoms with Crippen LogP contribution in [-0.2, 0) is 12.2 Å². The topological polar surface area (TPSA) is 41.6 Å². The number of hydrogen-bond acceptors (Lipinski definition) is 4. The van der Waals surface area contributed by atoms with Crippen molar-refractivity contribution < 1.29 is 0 Å². The second-order valence-corrected chi connectivity index (χ2v) is 6.66. The zero-order valence-corrected chi connectivity index (χ0v) is 12.9. The van der Waals surface area contributed by atoms with Gasteiger partial charge >= 0.3 is 0 Å². The van der Waals surface area contributed by atoms with Crippen LogP contribution in [0.4, 0.5) is 0 Å². The lowest BCUT2D eigenvalue weighted by Crippen LogP contribution is -1.90. The Bertz CT molecular complexity index is 662. The predicted molar refractivity (Wildman–Crippen MR) is 84.5 cm³/mol. The number of nitrogens with zero attached hydrogens (tertiary/aromatic N) is 2. The van der Waals surface area contributed by atoms with Crippen LogP contribution < -0.4 is 0 Å². The average molecular weight is 322 g/mol. The highest BCUT2D eigenvalue weighted by atomic mass is 35.5. The number of aromatic nitrogens is 3. The van der Waals surface area contributed by atoms with Crippen LogP contribution in [0.1, 0.15) is 16.3 Å². The first-order valence-corrected chi connectivity index (χ1v) is 8.35. The van der Waals surface area contributed by atoms with E-state index in [1.807, 2.05) is 24.3 Å². The second kappa shape index (κ2) is 6.43. The summed E-state index contributed by atoms with van der Waals surface area (Å²) in [4.78, 5) is 5.83. The number of thioether (sulfide) groups is 1. The molecule has 0 saturated carbocycles. The highest BCUT2D eigenvalue weighted by molar-refractivity contribution is 7.98. The molecular weight excluding hydrogens is 310 g/mol. The largest absolute Gasteiger partial charge is 0.254 e. The Kier molecular flexibility index (Phi) is 4.40. The first kappa shape index (κ1) is 13.7. The first-order valence-electron chi connectivity index (χ1n) is 6.10. The minimum atomic E-state index is 0.716. The third-order valence-corrected chi connectivity index (χ3v) is 4.94. The molecule has 0 aliphatic rings. The molecule has 20 heavy (non-hydrogen) atoms. The first-order chi connectivity index (χ1) is 9.79. The lowest BCUT2D eigenvalue weighted by Gasteiger charge is -1.96. The fourth-order valence-electron chi connectivity index (χ4n) is 1.74. The standard InChI is InChI=1S/C14H12ClN3S2/c15-11-5-3-10(4-6-11)8-13-16-14(18-17-13)20-9-12-2-1-7-19-12/h1-7H,8-9H2,(H,16,17,18). The number of nitrogens with one attached hydrogen (secondary N) is 1. The van der Waals surface area contributed by atoms with Crippen molar-refractivity contribution in [3.05, 3.63) is 63.1 Å². The fraction of sp³-hybridized carbons (Fsp3) is 0.143. The fourth-order valence-corrected chi connectivity index (χ4v) is 3.46. The number of thiophene rings is 1. The van der Waals surface area contributed by atoms with Crippen molar-refractivity contribution in [3.8, 4) is 0 Å². The molecule has 0 radical (unpaired) electrons. The minimum absolute atomic E-state index is 0.716. The van der Waals surface area contributed by atoms with Crippen molar-refractivity contribution in [2.75, 3.05) is 0 Å². The Hall–Kier alpha value is -1.30. The third-order valence-electron chi connectivity index (χ3n) is 2.72. The molecule has 0 bridgehead atoms. The molecule has 2 aromatic heterocycles. The van der Waals surface area contributed by atoms with Crippen LogP contribution in [0.25, 0.3) is 0 Å². The molecule has 3 rings (SSSR count). The van der Waals surface area contributed by atoms with E-state index in [0.29, 0.717) is 6.42 Å². The zero-order valence-electron chi connectivity index (χ0n) is 10.5. The minimum Gasteiger partial charge on any atom is -0.254 e. The number of aromatic amines is 1.